The van der Waals surface area contributed by atoms with Gasteiger partial charge >= 0.3 is 0 Å². The highest BCUT2D eigenvalue weighted by molar-refractivity contribution is 8.00. The number of aromatic nitrogens is 2. The van der Waals surface area contributed by atoms with E-state index >= 15 is 0 Å². The molecule has 1 aliphatic carbocycles. The predicted molar refractivity (Wildman–Crippen MR) is 128 cm³/mol. The summed E-state index contributed by atoms with van der Waals surface area (Å²) in [6.45, 7) is 5.90. The summed E-state index contributed by atoms with van der Waals surface area (Å²) in [5.41, 5.74) is 3.70. The Morgan fingerprint density at radius 1 is 1.13 bits per heavy atom. The van der Waals surface area contributed by atoms with Crippen molar-refractivity contribution in [2.75, 3.05) is 5.32 Å². The third kappa shape index (κ3) is 4.69. The number of hydrogen-bond acceptors (Lipinski definition) is 4. The second-order valence-corrected chi connectivity index (χ2v) is 9.75. The van der Waals surface area contributed by atoms with Crippen LogP contribution >= 0.6 is 11.8 Å². The van der Waals surface area contributed by atoms with Crippen LogP contribution in [-0.4, -0.2) is 20.7 Å². The van der Waals surface area contributed by atoms with Gasteiger partial charge in [-0.3, -0.25) is 14.2 Å². The molecule has 1 amide bonds. The Labute approximate surface area is 187 Å². The standard InChI is InChI=1S/C25H29N3O2S/c1-16-13-14-21(17(2)15-16)26-23(29)18(3)31-25-27-22-12-8-7-11-20(22)24(30)28(25)19-9-5-4-6-10-19/h7-8,11-15,18-19H,4-6,9-10H2,1-3H3,(H,26,29). The van der Waals surface area contributed by atoms with Crippen LogP contribution in [0.5, 0.6) is 0 Å². The first-order valence-corrected chi connectivity index (χ1v) is 11.9. The Morgan fingerprint density at radius 3 is 2.61 bits per heavy atom. The maximum atomic E-state index is 13.4. The fourth-order valence-electron chi connectivity index (χ4n) is 4.27. The van der Waals surface area contributed by atoms with E-state index < -0.39 is 0 Å². The normalized spacial score (nSPS) is 15.7. The van der Waals surface area contributed by atoms with Crippen molar-refractivity contribution in [2.24, 2.45) is 0 Å². The van der Waals surface area contributed by atoms with Gasteiger partial charge in [-0.15, -0.1) is 0 Å². The van der Waals surface area contributed by atoms with Crippen molar-refractivity contribution in [1.29, 1.82) is 0 Å². The van der Waals surface area contributed by atoms with Gasteiger partial charge in [-0.2, -0.15) is 0 Å². The van der Waals surface area contributed by atoms with Gasteiger partial charge in [0.05, 0.1) is 16.2 Å². The lowest BCUT2D eigenvalue weighted by Crippen LogP contribution is -2.30. The molecule has 1 unspecified atom stereocenters. The average molecular weight is 436 g/mol. The Bertz CT molecular complexity index is 1170. The first-order chi connectivity index (χ1) is 14.9. The van der Waals surface area contributed by atoms with E-state index in [2.05, 4.69) is 11.4 Å². The van der Waals surface area contributed by atoms with E-state index in [0.717, 1.165) is 42.5 Å². The highest BCUT2D eigenvalue weighted by atomic mass is 32.2. The Morgan fingerprint density at radius 2 is 1.87 bits per heavy atom. The number of anilines is 1. The highest BCUT2D eigenvalue weighted by Gasteiger charge is 2.25. The van der Waals surface area contributed by atoms with Crippen LogP contribution in [0.3, 0.4) is 0 Å². The molecule has 0 spiro atoms. The zero-order chi connectivity index (χ0) is 22.0. The van der Waals surface area contributed by atoms with Gasteiger partial charge in [-0.05, 0) is 57.4 Å². The van der Waals surface area contributed by atoms with Gasteiger partial charge in [0.2, 0.25) is 5.91 Å². The molecule has 0 bridgehead atoms. The molecule has 1 N–H and O–H groups in total. The molecular formula is C25H29N3O2S. The zero-order valence-corrected chi connectivity index (χ0v) is 19.2. The second-order valence-electron chi connectivity index (χ2n) is 8.45. The van der Waals surface area contributed by atoms with E-state index in [-0.39, 0.29) is 22.8 Å². The topological polar surface area (TPSA) is 64.0 Å². The number of fused-ring (bicyclic) bond motifs is 1. The monoisotopic (exact) mass is 435 g/mol. The van der Waals surface area contributed by atoms with Crippen LogP contribution in [-0.2, 0) is 4.79 Å². The molecule has 1 heterocycles. The molecule has 4 rings (SSSR count). The fourth-order valence-corrected chi connectivity index (χ4v) is 5.25. The van der Waals surface area contributed by atoms with Gasteiger partial charge < -0.3 is 5.32 Å². The minimum atomic E-state index is -0.386. The van der Waals surface area contributed by atoms with Gasteiger partial charge in [0.1, 0.15) is 0 Å². The van der Waals surface area contributed by atoms with Crippen LogP contribution in [0.2, 0.25) is 0 Å². The average Bonchev–Trinajstić information content (AvgIpc) is 2.76. The lowest BCUT2D eigenvalue weighted by atomic mass is 9.95. The molecule has 1 aliphatic rings. The number of hydrogen-bond donors (Lipinski definition) is 1. The minimum absolute atomic E-state index is 0.00184. The number of amides is 1. The Kier molecular flexibility index (Phi) is 6.46. The summed E-state index contributed by atoms with van der Waals surface area (Å²) in [5.74, 6) is -0.0884. The fraction of sp³-hybridized carbons (Fsp3) is 0.400. The number of carbonyl (C=O) groups excluding carboxylic acids is 1. The van der Waals surface area contributed by atoms with Gasteiger partial charge in [0, 0.05) is 11.7 Å². The van der Waals surface area contributed by atoms with E-state index in [4.69, 9.17) is 4.98 Å². The molecule has 31 heavy (non-hydrogen) atoms. The molecule has 0 radical (unpaired) electrons. The maximum Gasteiger partial charge on any atom is 0.262 e. The van der Waals surface area contributed by atoms with Crippen molar-refractivity contribution < 1.29 is 4.79 Å². The quantitative estimate of drug-likeness (QED) is 0.416. The van der Waals surface area contributed by atoms with Crippen molar-refractivity contribution in [3.8, 4) is 0 Å². The molecule has 0 saturated heterocycles. The Balaban J connectivity index is 1.64. The van der Waals surface area contributed by atoms with Crippen LogP contribution in [0.1, 0.15) is 56.2 Å². The molecule has 162 valence electrons. The number of para-hydroxylation sites is 1. The number of thioether (sulfide) groups is 1. The van der Waals surface area contributed by atoms with Crippen molar-refractivity contribution in [3.63, 3.8) is 0 Å². The van der Waals surface area contributed by atoms with E-state index in [1.54, 1.807) is 0 Å². The van der Waals surface area contributed by atoms with E-state index in [0.29, 0.717) is 16.1 Å². The molecule has 5 nitrogen and oxygen atoms in total. The summed E-state index contributed by atoms with van der Waals surface area (Å²) in [7, 11) is 0. The van der Waals surface area contributed by atoms with Gasteiger partial charge in [0.25, 0.3) is 5.56 Å². The SMILES string of the molecule is Cc1ccc(NC(=O)C(C)Sc2nc3ccccc3c(=O)n2C2CCCCC2)c(C)c1. The number of nitrogens with zero attached hydrogens (tertiary/aromatic N) is 2. The number of aryl methyl sites for hydroxylation is 2. The minimum Gasteiger partial charge on any atom is -0.325 e. The summed E-state index contributed by atoms with van der Waals surface area (Å²) in [6.07, 6.45) is 5.42. The molecule has 1 saturated carbocycles. The molecule has 1 fully saturated rings. The largest absolute Gasteiger partial charge is 0.325 e. The molecule has 2 aromatic carbocycles. The van der Waals surface area contributed by atoms with Gasteiger partial charge in [-0.1, -0.05) is 60.9 Å². The zero-order valence-electron chi connectivity index (χ0n) is 18.4. The first kappa shape index (κ1) is 21.6. The van der Waals surface area contributed by atoms with Gasteiger partial charge in [0.15, 0.2) is 5.16 Å². The second kappa shape index (κ2) is 9.27. The smallest absolute Gasteiger partial charge is 0.262 e. The van der Waals surface area contributed by atoms with Crippen molar-refractivity contribution >= 4 is 34.3 Å². The van der Waals surface area contributed by atoms with E-state index in [9.17, 15) is 9.59 Å². The van der Waals surface area contributed by atoms with Gasteiger partial charge in [-0.25, -0.2) is 4.98 Å². The summed E-state index contributed by atoms with van der Waals surface area (Å²) in [6, 6.07) is 13.6. The molecular weight excluding hydrogens is 406 g/mol. The molecule has 1 aromatic heterocycles. The third-order valence-corrected chi connectivity index (χ3v) is 7.07. The van der Waals surface area contributed by atoms with Crippen LogP contribution in [0.25, 0.3) is 10.9 Å². The summed E-state index contributed by atoms with van der Waals surface area (Å²) >= 11 is 1.37. The Hall–Kier alpha value is -2.60. The molecule has 1 atom stereocenters. The highest BCUT2D eigenvalue weighted by Crippen LogP contribution is 2.32. The molecule has 6 heteroatoms. The van der Waals surface area contributed by atoms with E-state index in [1.165, 1.54) is 18.2 Å². The summed E-state index contributed by atoms with van der Waals surface area (Å²) in [5, 5.41) is 3.93. The van der Waals surface area contributed by atoms with Crippen LogP contribution < -0.4 is 10.9 Å². The lowest BCUT2D eigenvalue weighted by molar-refractivity contribution is -0.115. The maximum absolute atomic E-state index is 13.4. The first-order valence-electron chi connectivity index (χ1n) is 11.0. The van der Waals surface area contributed by atoms with Crippen molar-refractivity contribution in [2.45, 2.75) is 69.3 Å². The van der Waals surface area contributed by atoms with Crippen molar-refractivity contribution in [3.05, 3.63) is 63.9 Å². The number of carbonyl (C=O) groups is 1. The molecule has 0 aliphatic heterocycles. The lowest BCUT2D eigenvalue weighted by Gasteiger charge is -2.26. The van der Waals surface area contributed by atoms with Crippen LogP contribution in [0.4, 0.5) is 5.69 Å². The number of nitrogens with one attached hydrogen (secondary N) is 1. The summed E-state index contributed by atoms with van der Waals surface area (Å²) < 4.78 is 1.85. The van der Waals surface area contributed by atoms with E-state index in [1.807, 2.05) is 61.7 Å². The summed E-state index contributed by atoms with van der Waals surface area (Å²) in [4.78, 5) is 31.1. The molecule has 3 aromatic rings. The number of benzene rings is 2. The third-order valence-electron chi connectivity index (χ3n) is 6.01. The van der Waals surface area contributed by atoms with Crippen LogP contribution in [0, 0.1) is 13.8 Å². The van der Waals surface area contributed by atoms with Crippen molar-refractivity contribution in [1.82, 2.24) is 9.55 Å². The van der Waals surface area contributed by atoms with Crippen LogP contribution in [0.15, 0.2) is 52.4 Å². The predicted octanol–water partition coefficient (Wildman–Crippen LogP) is 5.64. The number of rotatable bonds is 5.